The molecule has 0 aromatic heterocycles. The second-order valence-corrected chi connectivity index (χ2v) is 5.11. The lowest BCUT2D eigenvalue weighted by atomic mass is 9.99. The fraction of sp³-hybridized carbons (Fsp3) is 0.533. The van der Waals surface area contributed by atoms with Gasteiger partial charge in [0, 0.05) is 26.2 Å². The van der Waals surface area contributed by atoms with Crippen molar-refractivity contribution >= 4 is 23.1 Å². The molecule has 0 spiro atoms. The lowest BCUT2D eigenvalue weighted by Crippen LogP contribution is -2.36. The van der Waals surface area contributed by atoms with E-state index in [1.165, 1.54) is 5.56 Å². The molecule has 0 aliphatic carbocycles. The van der Waals surface area contributed by atoms with Crippen LogP contribution in [-0.2, 0) is 6.42 Å². The molecule has 0 aliphatic rings. The molecule has 0 aliphatic heterocycles. The van der Waals surface area contributed by atoms with Gasteiger partial charge in [-0.3, -0.25) is 0 Å². The van der Waals surface area contributed by atoms with Crippen molar-refractivity contribution in [1.29, 1.82) is 0 Å². The highest BCUT2D eigenvalue weighted by Crippen LogP contribution is 2.15. The first-order valence-corrected chi connectivity index (χ1v) is 7.69. The van der Waals surface area contributed by atoms with E-state index in [0.717, 1.165) is 38.3 Å². The Morgan fingerprint density at radius 1 is 1.05 bits per heavy atom. The molecule has 0 amide bonds. The van der Waals surface area contributed by atoms with Gasteiger partial charge in [-0.25, -0.2) is 0 Å². The minimum Gasteiger partial charge on any atom is -0.329 e. The van der Waals surface area contributed by atoms with E-state index in [2.05, 4.69) is 45.1 Å². The zero-order valence-electron chi connectivity index (χ0n) is 12.3. The summed E-state index contributed by atoms with van der Waals surface area (Å²) in [5.41, 5.74) is 13.2. The highest BCUT2D eigenvalue weighted by Gasteiger charge is 2.09. The van der Waals surface area contributed by atoms with Crippen molar-refractivity contribution in [2.24, 2.45) is 22.4 Å². The van der Waals surface area contributed by atoms with E-state index in [9.17, 15) is 0 Å². The molecule has 6 heteroatoms. The van der Waals surface area contributed by atoms with Crippen LogP contribution < -0.4 is 22.1 Å². The molecule has 0 saturated heterocycles. The van der Waals surface area contributed by atoms with Crippen LogP contribution in [-0.4, -0.2) is 44.4 Å². The highest BCUT2D eigenvalue weighted by atomic mass is 32.1. The van der Waals surface area contributed by atoms with Gasteiger partial charge in [0.15, 0.2) is 0 Å². The van der Waals surface area contributed by atoms with Crippen LogP contribution in [0.25, 0.3) is 0 Å². The summed E-state index contributed by atoms with van der Waals surface area (Å²) in [5.74, 6) is 0.503. The van der Waals surface area contributed by atoms with Gasteiger partial charge in [0.25, 0.3) is 0 Å². The van der Waals surface area contributed by atoms with E-state index in [1.54, 1.807) is 0 Å². The second kappa shape index (κ2) is 11.5. The van der Waals surface area contributed by atoms with E-state index in [-0.39, 0.29) is 0 Å². The SMILES string of the molecule is NCCNCC(CNCCN)Cc1ccc(N=C=S)cc1. The number of nitrogens with one attached hydrogen (secondary N) is 2. The third-order valence-electron chi connectivity index (χ3n) is 3.14. The van der Waals surface area contributed by atoms with Gasteiger partial charge in [-0.1, -0.05) is 12.1 Å². The first-order valence-electron chi connectivity index (χ1n) is 7.28. The zero-order valence-corrected chi connectivity index (χ0v) is 13.2. The predicted molar refractivity (Wildman–Crippen MR) is 92.2 cm³/mol. The molecule has 1 aromatic rings. The van der Waals surface area contributed by atoms with Gasteiger partial charge in [-0.2, -0.15) is 4.99 Å². The first-order chi connectivity index (χ1) is 10.3. The van der Waals surface area contributed by atoms with Gasteiger partial charge in [-0.05, 0) is 55.3 Å². The van der Waals surface area contributed by atoms with Gasteiger partial charge in [-0.15, -0.1) is 0 Å². The number of nitrogens with two attached hydrogens (primary N) is 2. The van der Waals surface area contributed by atoms with Crippen molar-refractivity contribution < 1.29 is 0 Å². The highest BCUT2D eigenvalue weighted by molar-refractivity contribution is 7.78. The normalized spacial score (nSPS) is 10.6. The van der Waals surface area contributed by atoms with Crippen LogP contribution in [0.1, 0.15) is 5.56 Å². The Labute approximate surface area is 132 Å². The Hall–Kier alpha value is -1.14. The van der Waals surface area contributed by atoms with Gasteiger partial charge in [0.2, 0.25) is 0 Å². The van der Waals surface area contributed by atoms with Crippen LogP contribution in [0.15, 0.2) is 29.3 Å². The quantitative estimate of drug-likeness (QED) is 0.274. The molecule has 1 rings (SSSR count). The van der Waals surface area contributed by atoms with E-state index in [1.807, 2.05) is 12.1 Å². The van der Waals surface area contributed by atoms with Crippen LogP contribution in [0.4, 0.5) is 5.69 Å². The smallest absolute Gasteiger partial charge is 0.0739 e. The maximum Gasteiger partial charge on any atom is 0.0739 e. The molecular weight excluding hydrogens is 282 g/mol. The van der Waals surface area contributed by atoms with Crippen LogP contribution in [0.3, 0.4) is 0 Å². The number of benzene rings is 1. The van der Waals surface area contributed by atoms with Crippen molar-refractivity contribution in [3.8, 4) is 0 Å². The monoisotopic (exact) mass is 307 g/mol. The molecule has 6 N–H and O–H groups in total. The topological polar surface area (TPSA) is 88.5 Å². The molecule has 0 saturated carbocycles. The lowest BCUT2D eigenvalue weighted by molar-refractivity contribution is 0.444. The predicted octanol–water partition coefficient (Wildman–Crippen LogP) is 0.676. The molecule has 21 heavy (non-hydrogen) atoms. The van der Waals surface area contributed by atoms with Crippen LogP contribution in [0.5, 0.6) is 0 Å². The largest absolute Gasteiger partial charge is 0.329 e. The molecule has 0 fully saturated rings. The average Bonchev–Trinajstić information content (AvgIpc) is 2.50. The van der Waals surface area contributed by atoms with Crippen molar-refractivity contribution in [2.45, 2.75) is 6.42 Å². The molecule has 0 unspecified atom stereocenters. The van der Waals surface area contributed by atoms with Crippen LogP contribution in [0, 0.1) is 5.92 Å². The standard InChI is InChI=1S/C15H25N5S/c16-5-7-18-10-14(11-19-8-6-17)9-13-1-3-15(4-2-13)20-12-21/h1-4,14,18-19H,5-11,16-17H2. The van der Waals surface area contributed by atoms with E-state index < -0.39 is 0 Å². The molecule has 0 heterocycles. The molecule has 116 valence electrons. The average molecular weight is 307 g/mol. The summed E-state index contributed by atoms with van der Waals surface area (Å²) in [5, 5.41) is 9.13. The summed E-state index contributed by atoms with van der Waals surface area (Å²) in [6.45, 7) is 4.88. The van der Waals surface area contributed by atoms with Gasteiger partial charge in [0.1, 0.15) is 0 Å². The Balaban J connectivity index is 2.53. The first kappa shape index (κ1) is 17.9. The molecule has 0 radical (unpaired) electrons. The number of aliphatic imine (C=N–C) groups is 1. The molecule has 5 nitrogen and oxygen atoms in total. The Kier molecular flexibility index (Phi) is 9.82. The van der Waals surface area contributed by atoms with Crippen molar-refractivity contribution in [3.05, 3.63) is 29.8 Å². The van der Waals surface area contributed by atoms with Crippen molar-refractivity contribution in [3.63, 3.8) is 0 Å². The Bertz CT molecular complexity index is 418. The lowest BCUT2D eigenvalue weighted by Gasteiger charge is -2.18. The van der Waals surface area contributed by atoms with Crippen molar-refractivity contribution in [1.82, 2.24) is 10.6 Å². The van der Waals surface area contributed by atoms with Crippen LogP contribution >= 0.6 is 12.2 Å². The fourth-order valence-electron chi connectivity index (χ4n) is 2.13. The molecule has 1 aromatic carbocycles. The number of hydrogen-bond acceptors (Lipinski definition) is 6. The number of rotatable bonds is 11. The van der Waals surface area contributed by atoms with Crippen molar-refractivity contribution in [2.75, 3.05) is 39.3 Å². The number of hydrogen-bond donors (Lipinski definition) is 4. The summed E-state index contributed by atoms with van der Waals surface area (Å²) in [6, 6.07) is 8.10. The summed E-state index contributed by atoms with van der Waals surface area (Å²) < 4.78 is 0. The summed E-state index contributed by atoms with van der Waals surface area (Å²) in [7, 11) is 0. The third kappa shape index (κ3) is 8.02. The number of thiocarbonyl (C=S) groups is 1. The number of nitrogens with zero attached hydrogens (tertiary/aromatic N) is 1. The molecule has 0 atom stereocenters. The second-order valence-electron chi connectivity index (χ2n) is 4.93. The summed E-state index contributed by atoms with van der Waals surface area (Å²) in [6.07, 6.45) is 0.997. The van der Waals surface area contributed by atoms with Crippen LogP contribution in [0.2, 0.25) is 0 Å². The summed E-state index contributed by atoms with van der Waals surface area (Å²) >= 11 is 4.60. The Morgan fingerprint density at radius 2 is 1.62 bits per heavy atom. The maximum absolute atomic E-state index is 5.51. The van der Waals surface area contributed by atoms with Gasteiger partial charge >= 0.3 is 0 Å². The minimum atomic E-state index is 0.503. The fourth-order valence-corrected chi connectivity index (χ4v) is 2.23. The van der Waals surface area contributed by atoms with Gasteiger partial charge < -0.3 is 22.1 Å². The zero-order chi connectivity index (χ0) is 15.3. The summed E-state index contributed by atoms with van der Waals surface area (Å²) in [4.78, 5) is 3.96. The number of isothiocyanates is 1. The van der Waals surface area contributed by atoms with Gasteiger partial charge in [0.05, 0.1) is 10.8 Å². The van der Waals surface area contributed by atoms with E-state index in [4.69, 9.17) is 11.5 Å². The third-order valence-corrected chi connectivity index (χ3v) is 3.24. The van der Waals surface area contributed by atoms with E-state index in [0.29, 0.717) is 19.0 Å². The van der Waals surface area contributed by atoms with E-state index >= 15 is 0 Å². The minimum absolute atomic E-state index is 0.503. The Morgan fingerprint density at radius 3 is 2.10 bits per heavy atom. The molecular formula is C15H25N5S. The maximum atomic E-state index is 5.51. The molecule has 0 bridgehead atoms.